The highest BCUT2D eigenvalue weighted by molar-refractivity contribution is 5.85. The zero-order chi connectivity index (χ0) is 17.6. The van der Waals surface area contributed by atoms with Crippen LogP contribution in [-0.4, -0.2) is 57.3 Å². The van der Waals surface area contributed by atoms with E-state index >= 15 is 0 Å². The van der Waals surface area contributed by atoms with Crippen LogP contribution in [-0.2, 0) is 16.1 Å². The van der Waals surface area contributed by atoms with Crippen molar-refractivity contribution < 1.29 is 9.59 Å². The number of amides is 2. The van der Waals surface area contributed by atoms with E-state index in [0.717, 1.165) is 51.9 Å². The van der Waals surface area contributed by atoms with Gasteiger partial charge >= 0.3 is 0 Å². The predicted octanol–water partition coefficient (Wildman–Crippen LogP) is 2.40. The van der Waals surface area contributed by atoms with Crippen LogP contribution in [0.4, 0.5) is 0 Å². The van der Waals surface area contributed by atoms with Crippen molar-refractivity contribution in [1.29, 1.82) is 0 Å². The Morgan fingerprint density at radius 1 is 1.24 bits per heavy atom. The first-order valence-electron chi connectivity index (χ1n) is 9.75. The minimum absolute atomic E-state index is 0.100. The van der Waals surface area contributed by atoms with Crippen molar-refractivity contribution in [3.05, 3.63) is 18.2 Å². The van der Waals surface area contributed by atoms with Crippen LogP contribution in [0.5, 0.6) is 0 Å². The Balaban J connectivity index is 1.50. The zero-order valence-electron chi connectivity index (χ0n) is 15.3. The Morgan fingerprint density at radius 3 is 2.76 bits per heavy atom. The van der Waals surface area contributed by atoms with Crippen molar-refractivity contribution in [2.24, 2.45) is 0 Å². The summed E-state index contributed by atoms with van der Waals surface area (Å²) >= 11 is 0. The number of likely N-dealkylation sites (tertiary alicyclic amines) is 2. The first-order chi connectivity index (χ1) is 12.2. The molecule has 0 aromatic carbocycles. The highest BCUT2D eigenvalue weighted by Gasteiger charge is 2.28. The largest absolute Gasteiger partial charge is 0.341 e. The Bertz CT molecular complexity index is 590. The molecule has 1 aromatic heterocycles. The summed E-state index contributed by atoms with van der Waals surface area (Å²) in [5.74, 6) is 1.84. The maximum absolute atomic E-state index is 12.5. The number of carbonyl (C=O) groups is 2. The van der Waals surface area contributed by atoms with Crippen LogP contribution in [0.1, 0.15) is 63.6 Å². The number of piperidine rings is 2. The monoisotopic (exact) mass is 346 g/mol. The molecule has 2 fully saturated rings. The fraction of sp³-hybridized carbons (Fsp3) is 0.737. The number of nitrogens with zero attached hydrogens (tertiary/aromatic N) is 4. The van der Waals surface area contributed by atoms with E-state index in [1.807, 2.05) is 11.1 Å². The summed E-state index contributed by atoms with van der Waals surface area (Å²) in [6.45, 7) is 5.76. The number of hydrogen-bond donors (Lipinski definition) is 0. The van der Waals surface area contributed by atoms with Crippen LogP contribution < -0.4 is 0 Å². The molecule has 2 amide bonds. The minimum atomic E-state index is 0.100. The van der Waals surface area contributed by atoms with Crippen LogP contribution in [0.2, 0.25) is 0 Å². The number of imidazole rings is 1. The summed E-state index contributed by atoms with van der Waals surface area (Å²) in [5, 5.41) is 0. The molecule has 1 aromatic rings. The number of aryl methyl sites for hydroxylation is 1. The van der Waals surface area contributed by atoms with Crippen molar-refractivity contribution in [3.63, 3.8) is 0 Å². The fourth-order valence-electron chi connectivity index (χ4n) is 3.88. The minimum Gasteiger partial charge on any atom is -0.341 e. The lowest BCUT2D eigenvalue weighted by atomic mass is 9.95. The molecule has 25 heavy (non-hydrogen) atoms. The molecule has 138 valence electrons. The van der Waals surface area contributed by atoms with Crippen molar-refractivity contribution in [2.45, 2.75) is 64.3 Å². The second-order valence-electron chi connectivity index (χ2n) is 7.26. The maximum atomic E-state index is 12.5. The molecular weight excluding hydrogens is 316 g/mol. The van der Waals surface area contributed by atoms with Crippen LogP contribution in [0.15, 0.2) is 12.4 Å². The van der Waals surface area contributed by atoms with E-state index in [9.17, 15) is 9.59 Å². The summed E-state index contributed by atoms with van der Waals surface area (Å²) in [6.07, 6.45) is 10.8. The second kappa shape index (κ2) is 8.50. The smallest absolute Gasteiger partial charge is 0.242 e. The molecule has 2 aliphatic heterocycles. The van der Waals surface area contributed by atoms with Gasteiger partial charge in [0.2, 0.25) is 11.8 Å². The van der Waals surface area contributed by atoms with Gasteiger partial charge in [-0.1, -0.05) is 13.3 Å². The highest BCUT2D eigenvalue weighted by Crippen LogP contribution is 2.27. The van der Waals surface area contributed by atoms with Crippen molar-refractivity contribution in [1.82, 2.24) is 19.4 Å². The molecule has 0 bridgehead atoms. The molecule has 0 saturated carbocycles. The molecule has 6 nitrogen and oxygen atoms in total. The molecule has 0 unspecified atom stereocenters. The normalized spacial score (nSPS) is 19.5. The van der Waals surface area contributed by atoms with Gasteiger partial charge in [-0.3, -0.25) is 9.59 Å². The third kappa shape index (κ3) is 4.41. The average molecular weight is 346 g/mol. The summed E-state index contributed by atoms with van der Waals surface area (Å²) in [7, 11) is 0. The third-order valence-corrected chi connectivity index (χ3v) is 5.46. The number of hydrogen-bond acceptors (Lipinski definition) is 3. The molecule has 0 atom stereocenters. The van der Waals surface area contributed by atoms with Gasteiger partial charge in [-0.05, 0) is 32.1 Å². The molecule has 2 aliphatic rings. The SMILES string of the molecule is CCCCn1ccnc1C1CCN(C(=O)CN2CCCCC2=O)CC1. The number of aromatic nitrogens is 2. The number of unbranched alkanes of at least 4 members (excludes halogenated alkanes) is 1. The van der Waals surface area contributed by atoms with E-state index in [4.69, 9.17) is 0 Å². The van der Waals surface area contributed by atoms with Gasteiger partial charge in [0.05, 0.1) is 6.54 Å². The Hall–Kier alpha value is -1.85. The average Bonchev–Trinajstić information content (AvgIpc) is 3.10. The molecule has 0 N–H and O–H groups in total. The topological polar surface area (TPSA) is 58.4 Å². The zero-order valence-corrected chi connectivity index (χ0v) is 15.3. The molecule has 3 heterocycles. The summed E-state index contributed by atoms with van der Waals surface area (Å²) in [4.78, 5) is 32.6. The quantitative estimate of drug-likeness (QED) is 0.795. The Kier molecular flexibility index (Phi) is 6.10. The van der Waals surface area contributed by atoms with Crippen molar-refractivity contribution >= 4 is 11.8 Å². The van der Waals surface area contributed by atoms with E-state index in [-0.39, 0.29) is 18.4 Å². The van der Waals surface area contributed by atoms with Crippen LogP contribution in [0, 0.1) is 0 Å². The molecule has 3 rings (SSSR count). The predicted molar refractivity (Wildman–Crippen MR) is 96.1 cm³/mol. The van der Waals surface area contributed by atoms with E-state index in [1.165, 1.54) is 18.7 Å². The van der Waals surface area contributed by atoms with E-state index in [2.05, 4.69) is 22.7 Å². The standard InChI is InChI=1S/C19H30N4O2/c1-2-3-10-22-14-9-20-19(22)16-7-12-21(13-8-16)18(25)15-23-11-5-4-6-17(23)24/h9,14,16H,2-8,10-13,15H2,1H3. The number of carbonyl (C=O) groups excluding carboxylic acids is 2. The molecule has 0 spiro atoms. The van der Waals surface area contributed by atoms with Gasteiger partial charge in [-0.15, -0.1) is 0 Å². The first kappa shape index (κ1) is 18.0. The molecule has 2 saturated heterocycles. The molecule has 0 aliphatic carbocycles. The van der Waals surface area contributed by atoms with E-state index in [1.54, 1.807) is 4.90 Å². The highest BCUT2D eigenvalue weighted by atomic mass is 16.2. The summed E-state index contributed by atoms with van der Waals surface area (Å²) in [5.41, 5.74) is 0. The Labute approximate surface area is 150 Å². The molecule has 6 heteroatoms. The summed E-state index contributed by atoms with van der Waals surface area (Å²) < 4.78 is 2.28. The third-order valence-electron chi connectivity index (χ3n) is 5.46. The van der Waals surface area contributed by atoms with Gasteiger partial charge in [0.1, 0.15) is 5.82 Å². The van der Waals surface area contributed by atoms with Crippen LogP contribution in [0.3, 0.4) is 0 Å². The lowest BCUT2D eigenvalue weighted by Crippen LogP contribution is -2.46. The second-order valence-corrected chi connectivity index (χ2v) is 7.26. The van der Waals surface area contributed by atoms with Crippen LogP contribution >= 0.6 is 0 Å². The fourth-order valence-corrected chi connectivity index (χ4v) is 3.88. The van der Waals surface area contributed by atoms with Gasteiger partial charge in [0.15, 0.2) is 0 Å². The summed E-state index contributed by atoms with van der Waals surface area (Å²) in [6, 6.07) is 0. The number of rotatable bonds is 6. The lowest BCUT2D eigenvalue weighted by molar-refractivity contribution is -0.142. The van der Waals surface area contributed by atoms with Crippen molar-refractivity contribution in [3.8, 4) is 0 Å². The van der Waals surface area contributed by atoms with Gasteiger partial charge in [0.25, 0.3) is 0 Å². The first-order valence-corrected chi connectivity index (χ1v) is 9.75. The van der Waals surface area contributed by atoms with Gasteiger partial charge < -0.3 is 14.4 Å². The molecular formula is C19H30N4O2. The van der Waals surface area contributed by atoms with Crippen molar-refractivity contribution in [2.75, 3.05) is 26.2 Å². The van der Waals surface area contributed by atoms with E-state index < -0.39 is 0 Å². The van der Waals surface area contributed by atoms with E-state index in [0.29, 0.717) is 12.3 Å². The maximum Gasteiger partial charge on any atom is 0.242 e. The molecule has 0 radical (unpaired) electrons. The van der Waals surface area contributed by atoms with Crippen LogP contribution in [0.25, 0.3) is 0 Å². The van der Waals surface area contributed by atoms with Gasteiger partial charge in [-0.2, -0.15) is 0 Å². The lowest BCUT2D eigenvalue weighted by Gasteiger charge is -2.34. The Morgan fingerprint density at radius 2 is 2.04 bits per heavy atom. The van der Waals surface area contributed by atoms with Gasteiger partial charge in [-0.25, -0.2) is 4.98 Å². The van der Waals surface area contributed by atoms with Gasteiger partial charge in [0, 0.05) is 50.9 Å².